The van der Waals surface area contributed by atoms with Gasteiger partial charge in [0.25, 0.3) is 0 Å². The van der Waals surface area contributed by atoms with Gasteiger partial charge in [-0.05, 0) is 148 Å². The van der Waals surface area contributed by atoms with E-state index in [4.69, 9.17) is 8.83 Å². The Kier molecular flexibility index (Phi) is 9.09. The Morgan fingerprint density at radius 1 is 0.515 bits per heavy atom. The number of furan rings is 2. The lowest BCUT2D eigenvalue weighted by atomic mass is 9.70. The number of hydrogen-bond acceptors (Lipinski definition) is 4. The Bertz CT molecular complexity index is 3840. The molecular formula is C64H56N2O2. The van der Waals surface area contributed by atoms with Gasteiger partial charge in [0.05, 0.1) is 22.7 Å². The number of para-hydroxylation sites is 3. The minimum absolute atomic E-state index is 0.0498. The fourth-order valence-corrected chi connectivity index (χ4v) is 11.9. The molecule has 4 nitrogen and oxygen atoms in total. The molecule has 2 aliphatic rings. The van der Waals surface area contributed by atoms with Crippen molar-refractivity contribution in [3.63, 3.8) is 0 Å². The van der Waals surface area contributed by atoms with Gasteiger partial charge >= 0.3 is 0 Å². The fourth-order valence-electron chi connectivity index (χ4n) is 11.9. The van der Waals surface area contributed by atoms with Gasteiger partial charge in [0.2, 0.25) is 0 Å². The average molecular weight is 885 g/mol. The van der Waals surface area contributed by atoms with E-state index in [2.05, 4.69) is 210 Å². The van der Waals surface area contributed by atoms with Gasteiger partial charge in [0.1, 0.15) is 11.3 Å². The first-order valence-corrected chi connectivity index (χ1v) is 24.7. The van der Waals surface area contributed by atoms with Gasteiger partial charge in [-0.3, -0.25) is 0 Å². The maximum atomic E-state index is 6.96. The molecule has 68 heavy (non-hydrogen) atoms. The summed E-state index contributed by atoms with van der Waals surface area (Å²) in [6.45, 7) is 16.3. The summed E-state index contributed by atoms with van der Waals surface area (Å²) >= 11 is 0. The van der Waals surface area contributed by atoms with Crippen LogP contribution in [0.25, 0.3) is 71.3 Å². The van der Waals surface area contributed by atoms with Crippen LogP contribution in [0, 0.1) is 6.92 Å². The van der Waals surface area contributed by atoms with Crippen molar-refractivity contribution >= 4 is 105 Å². The molecule has 0 bridgehead atoms. The molecule has 0 saturated carbocycles. The number of anilines is 6. The number of hydrogen-bond donors (Lipinski definition) is 0. The van der Waals surface area contributed by atoms with Crippen molar-refractivity contribution in [2.24, 2.45) is 0 Å². The third-order valence-electron chi connectivity index (χ3n) is 15.6. The maximum absolute atomic E-state index is 6.96. The van der Waals surface area contributed by atoms with Crippen LogP contribution in [0.1, 0.15) is 105 Å². The molecule has 334 valence electrons. The molecule has 13 rings (SSSR count). The van der Waals surface area contributed by atoms with Crippen LogP contribution >= 0.6 is 0 Å². The number of rotatable bonds is 8. The van der Waals surface area contributed by atoms with Crippen LogP contribution in [0.15, 0.2) is 154 Å². The lowest BCUT2D eigenvalue weighted by Crippen LogP contribution is -2.24. The number of fused-ring (bicyclic) bond motifs is 6. The largest absolute Gasteiger partial charge is 0.458 e. The summed E-state index contributed by atoms with van der Waals surface area (Å²) in [7, 11) is 0. The topological polar surface area (TPSA) is 32.8 Å². The molecule has 0 amide bonds. The predicted octanol–water partition coefficient (Wildman–Crippen LogP) is 18.9. The van der Waals surface area contributed by atoms with E-state index in [-0.39, 0.29) is 5.41 Å². The van der Waals surface area contributed by atoms with Gasteiger partial charge in [0, 0.05) is 55.7 Å². The SMILES string of the molecule is Cc1cc(N(c2ccc(C(C)C)cc2)c2cccc3c4c(oc23)CCC=C4)c2cc3c4c(cc(N(c5ccc(C(C)C)cc5)c5cccc6c5oc5ccccc56)c5ccc1c2c54)CCC3(C)C. The van der Waals surface area contributed by atoms with E-state index in [9.17, 15) is 0 Å². The summed E-state index contributed by atoms with van der Waals surface area (Å²) in [6.07, 6.45) is 8.49. The summed E-state index contributed by atoms with van der Waals surface area (Å²) in [5.74, 6) is 1.92. The lowest BCUT2D eigenvalue weighted by Gasteiger charge is -2.37. The van der Waals surface area contributed by atoms with E-state index in [0.29, 0.717) is 11.8 Å². The van der Waals surface area contributed by atoms with Crippen LogP contribution in [-0.4, -0.2) is 0 Å². The maximum Gasteiger partial charge on any atom is 0.159 e. The van der Waals surface area contributed by atoms with Crippen LogP contribution < -0.4 is 9.80 Å². The van der Waals surface area contributed by atoms with Crippen molar-refractivity contribution in [3.05, 3.63) is 185 Å². The fraction of sp³-hybridized carbons (Fsp3) is 0.219. The molecule has 9 aromatic carbocycles. The smallest absolute Gasteiger partial charge is 0.159 e. The Labute approximate surface area is 398 Å². The first-order valence-electron chi connectivity index (χ1n) is 24.7. The zero-order valence-corrected chi connectivity index (χ0v) is 40.1. The highest BCUT2D eigenvalue weighted by Crippen LogP contribution is 2.55. The summed E-state index contributed by atoms with van der Waals surface area (Å²) in [6, 6.07) is 52.6. The molecule has 4 heteroatoms. The third-order valence-corrected chi connectivity index (χ3v) is 15.6. The lowest BCUT2D eigenvalue weighted by molar-refractivity contribution is 0.475. The van der Waals surface area contributed by atoms with Crippen molar-refractivity contribution in [3.8, 4) is 0 Å². The molecule has 2 aliphatic carbocycles. The van der Waals surface area contributed by atoms with E-state index in [1.807, 2.05) is 0 Å². The highest BCUT2D eigenvalue weighted by molar-refractivity contribution is 6.31. The minimum atomic E-state index is -0.0498. The van der Waals surface area contributed by atoms with E-state index >= 15 is 0 Å². The zero-order valence-electron chi connectivity index (χ0n) is 40.1. The van der Waals surface area contributed by atoms with Gasteiger partial charge in [-0.1, -0.05) is 133 Å². The van der Waals surface area contributed by atoms with Crippen LogP contribution in [0.5, 0.6) is 0 Å². The molecule has 0 spiro atoms. The molecule has 2 heterocycles. The summed E-state index contributed by atoms with van der Waals surface area (Å²) in [5, 5.41) is 11.3. The Morgan fingerprint density at radius 3 is 1.82 bits per heavy atom. The third kappa shape index (κ3) is 6.05. The van der Waals surface area contributed by atoms with Gasteiger partial charge in [-0.15, -0.1) is 0 Å². The Hall–Kier alpha value is -7.30. The normalized spacial score (nSPS) is 14.5. The summed E-state index contributed by atoms with van der Waals surface area (Å²) in [4.78, 5) is 4.99. The molecule has 2 aromatic heterocycles. The molecule has 0 aliphatic heterocycles. The van der Waals surface area contributed by atoms with Crippen LogP contribution in [0.2, 0.25) is 0 Å². The first-order chi connectivity index (χ1) is 33.0. The van der Waals surface area contributed by atoms with Crippen LogP contribution in [0.3, 0.4) is 0 Å². The molecule has 0 atom stereocenters. The second-order valence-corrected chi connectivity index (χ2v) is 20.9. The second kappa shape index (κ2) is 15.1. The molecular weight excluding hydrogens is 829 g/mol. The molecule has 0 N–H and O–H groups in total. The number of allylic oxidation sites excluding steroid dienone is 1. The van der Waals surface area contributed by atoms with Gasteiger partial charge in [0.15, 0.2) is 11.2 Å². The first kappa shape index (κ1) is 40.9. The Balaban J connectivity index is 1.14. The summed E-state index contributed by atoms with van der Waals surface area (Å²) in [5.41, 5.74) is 17.2. The van der Waals surface area contributed by atoms with Crippen LogP contribution in [-0.2, 0) is 18.3 Å². The highest BCUT2D eigenvalue weighted by Gasteiger charge is 2.34. The number of nitrogens with zero attached hydrogens (tertiary/aromatic N) is 2. The van der Waals surface area contributed by atoms with Gasteiger partial charge < -0.3 is 18.6 Å². The van der Waals surface area contributed by atoms with Gasteiger partial charge in [-0.25, -0.2) is 0 Å². The van der Waals surface area contributed by atoms with Crippen molar-refractivity contribution < 1.29 is 8.83 Å². The molecule has 11 aromatic rings. The molecule has 0 unspecified atom stereocenters. The highest BCUT2D eigenvalue weighted by atomic mass is 16.3. The molecule has 0 fully saturated rings. The average Bonchev–Trinajstić information content (AvgIpc) is 3.93. The summed E-state index contributed by atoms with van der Waals surface area (Å²) < 4.78 is 13.8. The van der Waals surface area contributed by atoms with Crippen molar-refractivity contribution in [1.82, 2.24) is 0 Å². The predicted molar refractivity (Wildman–Crippen MR) is 288 cm³/mol. The van der Waals surface area contributed by atoms with E-state index in [1.165, 1.54) is 71.4 Å². The van der Waals surface area contributed by atoms with Crippen molar-refractivity contribution in [1.29, 1.82) is 0 Å². The number of aryl methyl sites for hydroxylation is 3. The minimum Gasteiger partial charge on any atom is -0.458 e. The standard InChI is InChI=1S/C64H56N2O2/c1-37(2)40-22-26-43(27-23-40)65(53-18-12-16-48-46-14-8-10-20-57(46)67-62(48)53)55-34-39(5)45-30-31-50-56(35-42-32-33-64(6,7)52-36-51(55)60(45)61(50)59(42)52)66(44-28-24-41(25-29-44)38(3)4)54-19-13-17-49-47-15-9-11-21-58(47)68-63(49)54/h8-9,11-19,21-31,34-38H,10,20,32-33H2,1-7H3. The van der Waals surface area contributed by atoms with Gasteiger partial charge in [-0.2, -0.15) is 0 Å². The van der Waals surface area contributed by atoms with E-state index in [1.54, 1.807) is 0 Å². The monoisotopic (exact) mass is 884 g/mol. The number of benzene rings is 9. The quantitative estimate of drug-likeness (QED) is 0.142. The second-order valence-electron chi connectivity index (χ2n) is 20.9. The molecule has 0 saturated heterocycles. The van der Waals surface area contributed by atoms with Crippen molar-refractivity contribution in [2.45, 2.75) is 91.4 Å². The zero-order chi connectivity index (χ0) is 46.2. The molecule has 0 radical (unpaired) electrons. The van der Waals surface area contributed by atoms with Crippen LogP contribution in [0.4, 0.5) is 34.1 Å². The Morgan fingerprint density at radius 2 is 1.13 bits per heavy atom. The van der Waals surface area contributed by atoms with E-state index < -0.39 is 0 Å². The van der Waals surface area contributed by atoms with E-state index in [0.717, 1.165) is 92.8 Å². The van der Waals surface area contributed by atoms with Crippen molar-refractivity contribution in [2.75, 3.05) is 9.80 Å².